The number of nitrogens with zero attached hydrogens (tertiary/aromatic N) is 1. The minimum absolute atomic E-state index is 0.0246. The SMILES string of the molecule is CCCCCCCCN(C(=O)O)c1cc(O)ccc1Sc1ccc(O)cc1O. The lowest BCUT2D eigenvalue weighted by atomic mass is 10.1. The molecule has 28 heavy (non-hydrogen) atoms. The number of carboxylic acid groups (broad SMARTS) is 1. The highest BCUT2D eigenvalue weighted by atomic mass is 32.2. The smallest absolute Gasteiger partial charge is 0.411 e. The van der Waals surface area contributed by atoms with Crippen LogP contribution in [0.5, 0.6) is 17.2 Å². The summed E-state index contributed by atoms with van der Waals surface area (Å²) in [5, 5.41) is 39.0. The molecule has 0 bridgehead atoms. The lowest BCUT2D eigenvalue weighted by molar-refractivity contribution is 0.201. The quantitative estimate of drug-likeness (QED) is 0.373. The molecule has 0 aliphatic rings. The van der Waals surface area contributed by atoms with Gasteiger partial charge in [0.05, 0.1) is 10.6 Å². The number of phenolic OH excluding ortho intramolecular Hbond substituents is 3. The molecular weight excluding hydrogens is 378 g/mol. The Morgan fingerprint density at radius 3 is 2.14 bits per heavy atom. The summed E-state index contributed by atoms with van der Waals surface area (Å²) < 4.78 is 0. The number of phenols is 3. The number of hydrogen-bond acceptors (Lipinski definition) is 5. The molecule has 1 amide bonds. The van der Waals surface area contributed by atoms with Gasteiger partial charge in [0, 0.05) is 23.6 Å². The molecule has 0 aliphatic carbocycles. The van der Waals surface area contributed by atoms with E-state index in [9.17, 15) is 25.2 Å². The fourth-order valence-electron chi connectivity index (χ4n) is 2.88. The topological polar surface area (TPSA) is 101 Å². The van der Waals surface area contributed by atoms with Gasteiger partial charge in [0.25, 0.3) is 0 Å². The Hall–Kier alpha value is -2.54. The molecule has 0 fully saturated rings. The van der Waals surface area contributed by atoms with Crippen LogP contribution in [-0.2, 0) is 0 Å². The fourth-order valence-corrected chi connectivity index (χ4v) is 3.83. The highest BCUT2D eigenvalue weighted by molar-refractivity contribution is 7.99. The summed E-state index contributed by atoms with van der Waals surface area (Å²) in [7, 11) is 0. The van der Waals surface area contributed by atoms with E-state index in [1.54, 1.807) is 12.1 Å². The van der Waals surface area contributed by atoms with Crippen LogP contribution in [0.15, 0.2) is 46.2 Å². The highest BCUT2D eigenvalue weighted by Crippen LogP contribution is 2.41. The van der Waals surface area contributed by atoms with Gasteiger partial charge < -0.3 is 20.4 Å². The van der Waals surface area contributed by atoms with Crippen molar-refractivity contribution in [2.75, 3.05) is 11.4 Å². The van der Waals surface area contributed by atoms with Crippen molar-refractivity contribution < 1.29 is 25.2 Å². The molecule has 2 aromatic rings. The summed E-state index contributed by atoms with van der Waals surface area (Å²) in [4.78, 5) is 14.2. The summed E-state index contributed by atoms with van der Waals surface area (Å²) >= 11 is 1.18. The van der Waals surface area contributed by atoms with Gasteiger partial charge in [0.15, 0.2) is 0 Å². The maximum absolute atomic E-state index is 11.8. The Labute approximate surface area is 169 Å². The first-order valence-corrected chi connectivity index (χ1v) is 10.3. The largest absolute Gasteiger partial charge is 0.508 e. The molecule has 4 N–H and O–H groups in total. The van der Waals surface area contributed by atoms with Crippen molar-refractivity contribution >= 4 is 23.5 Å². The van der Waals surface area contributed by atoms with Crippen molar-refractivity contribution in [2.45, 2.75) is 55.2 Å². The van der Waals surface area contributed by atoms with E-state index in [1.165, 1.54) is 47.3 Å². The molecule has 0 radical (unpaired) electrons. The van der Waals surface area contributed by atoms with Crippen molar-refractivity contribution in [3.05, 3.63) is 36.4 Å². The van der Waals surface area contributed by atoms with E-state index in [2.05, 4.69) is 6.92 Å². The molecule has 2 rings (SSSR count). The number of aromatic hydroxyl groups is 3. The Kier molecular flexibility index (Phi) is 8.32. The highest BCUT2D eigenvalue weighted by Gasteiger charge is 2.20. The predicted molar refractivity (Wildman–Crippen MR) is 111 cm³/mol. The van der Waals surface area contributed by atoms with E-state index in [-0.39, 0.29) is 17.2 Å². The summed E-state index contributed by atoms with van der Waals surface area (Å²) in [5.74, 6) is -0.173. The fraction of sp³-hybridized carbons (Fsp3) is 0.381. The second-order valence-corrected chi connectivity index (χ2v) is 7.69. The third-order valence-electron chi connectivity index (χ3n) is 4.36. The van der Waals surface area contributed by atoms with Gasteiger partial charge in [0.1, 0.15) is 17.2 Å². The van der Waals surface area contributed by atoms with Crippen molar-refractivity contribution in [3.8, 4) is 17.2 Å². The summed E-state index contributed by atoms with van der Waals surface area (Å²) in [6, 6.07) is 8.77. The molecular formula is C21H27NO5S. The maximum atomic E-state index is 11.8. The monoisotopic (exact) mass is 405 g/mol. The summed E-state index contributed by atoms with van der Waals surface area (Å²) in [5.41, 5.74) is 0.374. The molecule has 152 valence electrons. The van der Waals surface area contributed by atoms with E-state index in [1.807, 2.05) is 0 Å². The second kappa shape index (κ2) is 10.7. The van der Waals surface area contributed by atoms with Crippen LogP contribution in [0.3, 0.4) is 0 Å². The second-order valence-electron chi connectivity index (χ2n) is 6.61. The van der Waals surface area contributed by atoms with E-state index in [0.29, 0.717) is 22.0 Å². The van der Waals surface area contributed by atoms with Gasteiger partial charge in [-0.25, -0.2) is 4.79 Å². The number of hydrogen-bond donors (Lipinski definition) is 4. The summed E-state index contributed by atoms with van der Waals surface area (Å²) in [6.07, 6.45) is 5.17. The summed E-state index contributed by atoms with van der Waals surface area (Å²) in [6.45, 7) is 2.49. The first-order chi connectivity index (χ1) is 13.4. The Balaban J connectivity index is 2.18. The van der Waals surface area contributed by atoms with Crippen LogP contribution in [-0.4, -0.2) is 33.1 Å². The average Bonchev–Trinajstić information content (AvgIpc) is 2.64. The standard InChI is InChI=1S/C21H27NO5S/c1-2-3-4-5-6-7-12-22(21(26)27)17-13-15(23)8-10-19(17)28-20-11-9-16(24)14-18(20)25/h8-11,13-14,23-25H,2-7,12H2,1H3,(H,26,27). The zero-order valence-electron chi connectivity index (χ0n) is 16.0. The van der Waals surface area contributed by atoms with E-state index >= 15 is 0 Å². The van der Waals surface area contributed by atoms with Crippen LogP contribution in [0, 0.1) is 0 Å². The van der Waals surface area contributed by atoms with Crippen molar-refractivity contribution in [1.29, 1.82) is 0 Å². The number of unbranched alkanes of at least 4 members (excludes halogenated alkanes) is 5. The number of rotatable bonds is 10. The molecule has 7 heteroatoms. The third-order valence-corrected chi connectivity index (χ3v) is 5.49. The molecule has 0 spiro atoms. The minimum atomic E-state index is -1.09. The number of amides is 1. The zero-order chi connectivity index (χ0) is 20.5. The Morgan fingerprint density at radius 2 is 1.50 bits per heavy atom. The van der Waals surface area contributed by atoms with Crippen molar-refractivity contribution in [1.82, 2.24) is 0 Å². The third kappa shape index (κ3) is 6.27. The van der Waals surface area contributed by atoms with E-state index in [4.69, 9.17) is 0 Å². The van der Waals surface area contributed by atoms with E-state index in [0.717, 1.165) is 32.1 Å². The number of benzene rings is 2. The molecule has 0 atom stereocenters. The minimum Gasteiger partial charge on any atom is -0.508 e. The van der Waals surface area contributed by atoms with Crippen LogP contribution in [0.25, 0.3) is 0 Å². The van der Waals surface area contributed by atoms with Crippen LogP contribution in [0.1, 0.15) is 45.4 Å². The molecule has 0 aromatic heterocycles. The normalized spacial score (nSPS) is 10.8. The van der Waals surface area contributed by atoms with Gasteiger partial charge in [0.2, 0.25) is 0 Å². The van der Waals surface area contributed by atoms with Crippen LogP contribution >= 0.6 is 11.8 Å². The number of carbonyl (C=O) groups is 1. The molecule has 2 aromatic carbocycles. The lowest BCUT2D eigenvalue weighted by Gasteiger charge is -2.22. The molecule has 0 heterocycles. The Bertz CT molecular complexity index is 796. The molecule has 0 unspecified atom stereocenters. The predicted octanol–water partition coefficient (Wildman–Crippen LogP) is 5.80. The molecule has 0 saturated heterocycles. The van der Waals surface area contributed by atoms with Gasteiger partial charge in [-0.2, -0.15) is 0 Å². The van der Waals surface area contributed by atoms with Gasteiger partial charge in [-0.15, -0.1) is 0 Å². The van der Waals surface area contributed by atoms with Gasteiger partial charge in [-0.1, -0.05) is 50.8 Å². The van der Waals surface area contributed by atoms with Crippen molar-refractivity contribution in [2.24, 2.45) is 0 Å². The lowest BCUT2D eigenvalue weighted by Crippen LogP contribution is -2.30. The van der Waals surface area contributed by atoms with E-state index < -0.39 is 6.09 Å². The van der Waals surface area contributed by atoms with Crippen LogP contribution < -0.4 is 4.90 Å². The van der Waals surface area contributed by atoms with Crippen LogP contribution in [0.2, 0.25) is 0 Å². The Morgan fingerprint density at radius 1 is 0.893 bits per heavy atom. The maximum Gasteiger partial charge on any atom is 0.411 e. The van der Waals surface area contributed by atoms with Crippen molar-refractivity contribution in [3.63, 3.8) is 0 Å². The molecule has 0 saturated carbocycles. The van der Waals surface area contributed by atoms with Gasteiger partial charge in [-0.3, -0.25) is 4.90 Å². The molecule has 6 nitrogen and oxygen atoms in total. The number of anilines is 1. The van der Waals surface area contributed by atoms with Gasteiger partial charge in [-0.05, 0) is 30.7 Å². The van der Waals surface area contributed by atoms with Crippen LogP contribution in [0.4, 0.5) is 10.5 Å². The first kappa shape index (κ1) is 21.8. The first-order valence-electron chi connectivity index (χ1n) is 9.45. The average molecular weight is 406 g/mol. The zero-order valence-corrected chi connectivity index (χ0v) is 16.8. The van der Waals surface area contributed by atoms with Gasteiger partial charge >= 0.3 is 6.09 Å². The molecule has 0 aliphatic heterocycles.